The van der Waals surface area contributed by atoms with Crippen molar-refractivity contribution in [2.75, 3.05) is 12.3 Å². The molecule has 0 radical (unpaired) electrons. The summed E-state index contributed by atoms with van der Waals surface area (Å²) < 4.78 is 28.1. The summed E-state index contributed by atoms with van der Waals surface area (Å²) in [5.41, 5.74) is 0. The van der Waals surface area contributed by atoms with Crippen LogP contribution in [0.15, 0.2) is 12.7 Å². The van der Waals surface area contributed by atoms with Crippen LogP contribution in [0.5, 0.6) is 0 Å². The molecule has 0 aromatic carbocycles. The molecule has 0 amide bonds. The maximum atomic E-state index is 11.9. The van der Waals surface area contributed by atoms with Gasteiger partial charge in [0.2, 0.25) is 10.0 Å². The molecule has 1 heterocycles. The van der Waals surface area contributed by atoms with Crippen LogP contribution in [-0.2, 0) is 16.6 Å². The molecular formula is C11H20N4O2S. The van der Waals surface area contributed by atoms with Gasteiger partial charge in [-0.15, -0.1) is 10.2 Å². The molecule has 0 bridgehead atoms. The van der Waals surface area contributed by atoms with Gasteiger partial charge in [0, 0.05) is 13.1 Å². The van der Waals surface area contributed by atoms with E-state index in [9.17, 15) is 8.42 Å². The molecule has 0 saturated heterocycles. The van der Waals surface area contributed by atoms with E-state index < -0.39 is 10.0 Å². The van der Waals surface area contributed by atoms with Crippen LogP contribution in [-0.4, -0.2) is 35.5 Å². The molecule has 1 aliphatic rings. The average molecular weight is 272 g/mol. The Kier molecular flexibility index (Phi) is 4.34. The van der Waals surface area contributed by atoms with E-state index in [4.69, 9.17) is 0 Å². The molecular weight excluding hydrogens is 252 g/mol. The van der Waals surface area contributed by atoms with Crippen molar-refractivity contribution in [3.63, 3.8) is 0 Å². The van der Waals surface area contributed by atoms with Gasteiger partial charge < -0.3 is 4.57 Å². The first kappa shape index (κ1) is 13.5. The van der Waals surface area contributed by atoms with E-state index in [-0.39, 0.29) is 5.75 Å². The molecule has 1 aromatic heterocycles. The fourth-order valence-corrected chi connectivity index (χ4v) is 3.96. The minimum atomic E-state index is -3.15. The zero-order chi connectivity index (χ0) is 13.0. The second-order valence-electron chi connectivity index (χ2n) is 5.16. The van der Waals surface area contributed by atoms with Gasteiger partial charge in [-0.1, -0.05) is 13.3 Å². The van der Waals surface area contributed by atoms with Gasteiger partial charge in [-0.2, -0.15) is 0 Å². The Hall–Kier alpha value is -0.950. The molecule has 2 unspecified atom stereocenters. The largest absolute Gasteiger partial charge is 0.319 e. The van der Waals surface area contributed by atoms with Crippen molar-refractivity contribution in [1.82, 2.24) is 19.5 Å². The molecule has 1 saturated carbocycles. The van der Waals surface area contributed by atoms with Crippen LogP contribution in [0, 0.1) is 11.8 Å². The molecule has 0 aliphatic heterocycles. The average Bonchev–Trinajstić information content (AvgIpc) is 2.89. The van der Waals surface area contributed by atoms with Gasteiger partial charge >= 0.3 is 0 Å². The predicted molar refractivity (Wildman–Crippen MR) is 68.3 cm³/mol. The molecule has 2 rings (SSSR count). The van der Waals surface area contributed by atoms with E-state index in [0.717, 1.165) is 19.3 Å². The van der Waals surface area contributed by atoms with Gasteiger partial charge in [-0.25, -0.2) is 13.1 Å². The first-order valence-corrected chi connectivity index (χ1v) is 8.00. The second-order valence-corrected chi connectivity index (χ2v) is 7.01. The van der Waals surface area contributed by atoms with Crippen molar-refractivity contribution < 1.29 is 8.42 Å². The topological polar surface area (TPSA) is 76.9 Å². The lowest BCUT2D eigenvalue weighted by Gasteiger charge is -2.11. The standard InChI is InChI=1S/C11H20N4O2S/c1-10-2-3-11(6-10)7-18(16,17)14-4-5-15-8-12-13-9-15/h8-11,14H,2-7H2,1H3. The summed E-state index contributed by atoms with van der Waals surface area (Å²) in [4.78, 5) is 0. The van der Waals surface area contributed by atoms with Crippen molar-refractivity contribution in [3.8, 4) is 0 Å². The van der Waals surface area contributed by atoms with Gasteiger partial charge in [-0.3, -0.25) is 0 Å². The quantitative estimate of drug-likeness (QED) is 0.824. The van der Waals surface area contributed by atoms with Gasteiger partial charge in [0.05, 0.1) is 5.75 Å². The summed E-state index contributed by atoms with van der Waals surface area (Å²) in [5, 5.41) is 7.33. The monoisotopic (exact) mass is 272 g/mol. The number of aromatic nitrogens is 3. The molecule has 1 fully saturated rings. The first-order chi connectivity index (χ1) is 8.55. The van der Waals surface area contributed by atoms with Crippen molar-refractivity contribution in [2.45, 2.75) is 32.7 Å². The fraction of sp³-hybridized carbons (Fsp3) is 0.818. The minimum absolute atomic E-state index is 0.263. The molecule has 102 valence electrons. The van der Waals surface area contributed by atoms with Crippen molar-refractivity contribution >= 4 is 10.0 Å². The molecule has 18 heavy (non-hydrogen) atoms. The van der Waals surface area contributed by atoms with Crippen LogP contribution in [0.3, 0.4) is 0 Å². The lowest BCUT2D eigenvalue weighted by molar-refractivity contribution is 0.527. The van der Waals surface area contributed by atoms with E-state index in [0.29, 0.717) is 24.9 Å². The van der Waals surface area contributed by atoms with E-state index in [1.807, 2.05) is 0 Å². The summed E-state index contributed by atoms with van der Waals surface area (Å²) in [7, 11) is -3.15. The fourth-order valence-electron chi connectivity index (χ4n) is 2.51. The van der Waals surface area contributed by atoms with Crippen LogP contribution in [0.2, 0.25) is 0 Å². The maximum Gasteiger partial charge on any atom is 0.211 e. The molecule has 2 atom stereocenters. The Morgan fingerprint density at radius 3 is 2.67 bits per heavy atom. The summed E-state index contributed by atoms with van der Waals surface area (Å²) in [6.07, 6.45) is 6.38. The summed E-state index contributed by atoms with van der Waals surface area (Å²) in [6.45, 7) is 3.14. The Morgan fingerprint density at radius 2 is 2.06 bits per heavy atom. The number of sulfonamides is 1. The van der Waals surface area contributed by atoms with Gasteiger partial charge in [0.15, 0.2) is 0 Å². The van der Waals surface area contributed by atoms with Crippen molar-refractivity contribution in [3.05, 3.63) is 12.7 Å². The van der Waals surface area contributed by atoms with Crippen LogP contribution in [0.1, 0.15) is 26.2 Å². The SMILES string of the molecule is CC1CCC(CS(=O)(=O)NCCn2cnnc2)C1. The van der Waals surface area contributed by atoms with Crippen molar-refractivity contribution in [1.29, 1.82) is 0 Å². The van der Waals surface area contributed by atoms with Crippen LogP contribution in [0.25, 0.3) is 0 Å². The molecule has 0 spiro atoms. The third-order valence-corrected chi connectivity index (χ3v) is 4.97. The molecule has 7 heteroatoms. The van der Waals surface area contributed by atoms with E-state index in [1.54, 1.807) is 17.2 Å². The first-order valence-electron chi connectivity index (χ1n) is 6.35. The number of rotatable bonds is 6. The highest BCUT2D eigenvalue weighted by atomic mass is 32.2. The maximum absolute atomic E-state index is 11.9. The van der Waals surface area contributed by atoms with Gasteiger partial charge in [-0.05, 0) is 24.7 Å². The number of nitrogens with zero attached hydrogens (tertiary/aromatic N) is 3. The summed E-state index contributed by atoms with van der Waals surface area (Å²) in [6, 6.07) is 0. The van der Waals surface area contributed by atoms with Gasteiger partial charge in [0.1, 0.15) is 12.7 Å². The summed E-state index contributed by atoms with van der Waals surface area (Å²) in [5.74, 6) is 1.26. The normalized spacial score (nSPS) is 24.5. The zero-order valence-electron chi connectivity index (χ0n) is 10.6. The molecule has 1 aliphatic carbocycles. The van der Waals surface area contributed by atoms with E-state index in [2.05, 4.69) is 21.8 Å². The Labute approximate surface area is 108 Å². The number of nitrogens with one attached hydrogen (secondary N) is 1. The third kappa shape index (κ3) is 4.06. The highest BCUT2D eigenvalue weighted by Gasteiger charge is 2.26. The highest BCUT2D eigenvalue weighted by Crippen LogP contribution is 2.30. The van der Waals surface area contributed by atoms with E-state index >= 15 is 0 Å². The molecule has 6 nitrogen and oxygen atoms in total. The Bertz CT molecular complexity index is 457. The van der Waals surface area contributed by atoms with Crippen molar-refractivity contribution in [2.24, 2.45) is 11.8 Å². The second kappa shape index (κ2) is 5.79. The Morgan fingerprint density at radius 1 is 1.33 bits per heavy atom. The smallest absolute Gasteiger partial charge is 0.211 e. The zero-order valence-corrected chi connectivity index (χ0v) is 11.4. The molecule has 1 N–H and O–H groups in total. The number of hydrogen-bond donors (Lipinski definition) is 1. The summed E-state index contributed by atoms with van der Waals surface area (Å²) >= 11 is 0. The lowest BCUT2D eigenvalue weighted by Crippen LogP contribution is -2.31. The van der Waals surface area contributed by atoms with Gasteiger partial charge in [0.25, 0.3) is 0 Å². The van der Waals surface area contributed by atoms with Crippen LogP contribution < -0.4 is 4.72 Å². The van der Waals surface area contributed by atoms with Crippen LogP contribution in [0.4, 0.5) is 0 Å². The highest BCUT2D eigenvalue weighted by molar-refractivity contribution is 7.89. The van der Waals surface area contributed by atoms with Crippen LogP contribution >= 0.6 is 0 Å². The Balaban J connectivity index is 1.73. The lowest BCUT2D eigenvalue weighted by atomic mass is 10.1. The number of hydrogen-bond acceptors (Lipinski definition) is 4. The minimum Gasteiger partial charge on any atom is -0.319 e. The third-order valence-electron chi connectivity index (χ3n) is 3.42. The predicted octanol–water partition coefficient (Wildman–Crippen LogP) is 0.634. The van der Waals surface area contributed by atoms with E-state index in [1.165, 1.54) is 0 Å². The molecule has 1 aromatic rings.